The molecule has 0 atom stereocenters. The highest BCUT2D eigenvalue weighted by molar-refractivity contribution is 8.13. The molecule has 0 saturated carbocycles. The van der Waals surface area contributed by atoms with Crippen molar-refractivity contribution in [2.24, 2.45) is 0 Å². The second-order valence-electron chi connectivity index (χ2n) is 2.87. The van der Waals surface area contributed by atoms with Gasteiger partial charge in [-0.2, -0.15) is 18.4 Å². The zero-order valence-electron chi connectivity index (χ0n) is 7.72. The maximum Gasteiger partial charge on any atom is 0.417 e. The second kappa shape index (κ2) is 4.37. The van der Waals surface area contributed by atoms with Crippen molar-refractivity contribution in [1.29, 1.82) is 5.26 Å². The summed E-state index contributed by atoms with van der Waals surface area (Å²) in [5.41, 5.74) is -2.51. The normalized spacial score (nSPS) is 12.2. The maximum atomic E-state index is 12.5. The number of halogens is 5. The molecule has 0 fully saturated rings. The molecule has 0 amide bonds. The van der Waals surface area contributed by atoms with Crippen molar-refractivity contribution in [3.63, 3.8) is 0 Å². The van der Waals surface area contributed by atoms with E-state index in [0.717, 1.165) is 6.07 Å². The molecule has 1 rings (SSSR count). The maximum absolute atomic E-state index is 12.5. The second-order valence-corrected chi connectivity index (χ2v) is 5.84. The van der Waals surface area contributed by atoms with Crippen molar-refractivity contribution in [3.05, 3.63) is 28.3 Å². The lowest BCUT2D eigenvalue weighted by Crippen LogP contribution is -2.10. The van der Waals surface area contributed by atoms with E-state index in [2.05, 4.69) is 0 Å². The van der Waals surface area contributed by atoms with Crippen LogP contribution in [0.15, 0.2) is 17.0 Å². The molecule has 0 aliphatic heterocycles. The Kier molecular flexibility index (Phi) is 3.62. The first kappa shape index (κ1) is 14.1. The molecule has 0 bridgehead atoms. The minimum atomic E-state index is -4.90. The first-order valence-corrected chi connectivity index (χ1v) is 6.51. The molecule has 0 spiro atoms. The predicted molar refractivity (Wildman–Crippen MR) is 54.2 cm³/mol. The van der Waals surface area contributed by atoms with E-state index in [0.29, 0.717) is 12.1 Å². The number of hydrogen-bond acceptors (Lipinski definition) is 3. The Morgan fingerprint density at radius 3 is 2.18 bits per heavy atom. The number of nitrogens with zero attached hydrogens (tertiary/aromatic N) is 1. The number of alkyl halides is 3. The van der Waals surface area contributed by atoms with Crippen molar-refractivity contribution in [2.45, 2.75) is 11.1 Å². The van der Waals surface area contributed by atoms with Gasteiger partial charge in [0.05, 0.1) is 11.1 Å². The van der Waals surface area contributed by atoms with Crippen LogP contribution >= 0.6 is 22.3 Å². The third-order valence-electron chi connectivity index (χ3n) is 1.75. The third kappa shape index (κ3) is 3.03. The van der Waals surface area contributed by atoms with E-state index in [9.17, 15) is 21.6 Å². The molecule has 0 aliphatic carbocycles. The van der Waals surface area contributed by atoms with Crippen molar-refractivity contribution in [2.75, 3.05) is 0 Å². The summed E-state index contributed by atoms with van der Waals surface area (Å²) >= 11 is 5.36. The molecule has 0 saturated heterocycles. The van der Waals surface area contributed by atoms with Crippen molar-refractivity contribution in [3.8, 4) is 6.07 Å². The fourth-order valence-electron chi connectivity index (χ4n) is 1.11. The van der Waals surface area contributed by atoms with Crippen LogP contribution in [-0.4, -0.2) is 8.42 Å². The van der Waals surface area contributed by atoms with Gasteiger partial charge < -0.3 is 0 Å². The third-order valence-corrected chi connectivity index (χ3v) is 3.31. The van der Waals surface area contributed by atoms with Crippen LogP contribution in [0.3, 0.4) is 0 Å². The van der Waals surface area contributed by atoms with Crippen molar-refractivity contribution < 1.29 is 21.6 Å². The van der Waals surface area contributed by atoms with E-state index < -0.39 is 36.3 Å². The summed E-state index contributed by atoms with van der Waals surface area (Å²) < 4.78 is 59.7. The standard InChI is InChI=1S/C8H2Cl2F3NO2S/c9-4-1-6(8(11,12)13)5(3-14)7(2-4)17(10,15)16/h1-2H. The Labute approximate surface area is 104 Å². The van der Waals surface area contributed by atoms with Crippen molar-refractivity contribution >= 4 is 31.3 Å². The van der Waals surface area contributed by atoms with E-state index in [1.807, 2.05) is 0 Å². The monoisotopic (exact) mass is 303 g/mol. The molecule has 0 N–H and O–H groups in total. The van der Waals surface area contributed by atoms with Crippen LogP contribution in [0.2, 0.25) is 5.02 Å². The van der Waals surface area contributed by atoms with Gasteiger partial charge >= 0.3 is 6.18 Å². The summed E-state index contributed by atoms with van der Waals surface area (Å²) in [5, 5.41) is 8.12. The zero-order valence-corrected chi connectivity index (χ0v) is 10.0. The molecular weight excluding hydrogens is 302 g/mol. The highest BCUT2D eigenvalue weighted by Crippen LogP contribution is 2.37. The smallest absolute Gasteiger partial charge is 0.207 e. The lowest BCUT2D eigenvalue weighted by atomic mass is 10.1. The molecule has 1 aromatic rings. The van der Waals surface area contributed by atoms with Gasteiger partial charge in [-0.05, 0) is 12.1 Å². The molecule has 17 heavy (non-hydrogen) atoms. The van der Waals surface area contributed by atoms with Gasteiger partial charge in [0.15, 0.2) is 0 Å². The van der Waals surface area contributed by atoms with E-state index in [1.54, 1.807) is 0 Å². The Bertz CT molecular complexity index is 604. The number of benzene rings is 1. The molecule has 0 aliphatic rings. The minimum Gasteiger partial charge on any atom is -0.207 e. The first-order valence-electron chi connectivity index (χ1n) is 3.83. The van der Waals surface area contributed by atoms with Gasteiger partial charge in [-0.25, -0.2) is 8.42 Å². The van der Waals surface area contributed by atoms with Gasteiger partial charge in [-0.3, -0.25) is 0 Å². The summed E-state index contributed by atoms with van der Waals surface area (Å²) in [6, 6.07) is 2.32. The van der Waals surface area contributed by atoms with Gasteiger partial charge in [0.25, 0.3) is 9.05 Å². The van der Waals surface area contributed by atoms with E-state index in [1.165, 1.54) is 0 Å². The Hall–Kier alpha value is -0.970. The minimum absolute atomic E-state index is 0.464. The molecular formula is C8H2Cl2F3NO2S. The van der Waals surface area contributed by atoms with Gasteiger partial charge in [0.2, 0.25) is 0 Å². The van der Waals surface area contributed by atoms with Gasteiger partial charge in [-0.15, -0.1) is 0 Å². The Morgan fingerprint density at radius 1 is 1.29 bits per heavy atom. The predicted octanol–water partition coefficient (Wildman–Crippen LogP) is 3.16. The van der Waals surface area contributed by atoms with E-state index >= 15 is 0 Å². The Balaban J connectivity index is 3.79. The molecule has 0 heterocycles. The molecule has 0 radical (unpaired) electrons. The molecule has 0 aromatic heterocycles. The van der Waals surface area contributed by atoms with Crippen LogP contribution in [-0.2, 0) is 15.2 Å². The molecule has 3 nitrogen and oxygen atoms in total. The molecule has 0 unspecified atom stereocenters. The number of hydrogen-bond donors (Lipinski definition) is 0. The highest BCUT2D eigenvalue weighted by Gasteiger charge is 2.36. The fraction of sp³-hybridized carbons (Fsp3) is 0.125. The highest BCUT2D eigenvalue weighted by atomic mass is 35.7. The average molecular weight is 304 g/mol. The van der Waals surface area contributed by atoms with Gasteiger partial charge in [0.1, 0.15) is 11.0 Å². The lowest BCUT2D eigenvalue weighted by molar-refractivity contribution is -0.137. The summed E-state index contributed by atoms with van der Waals surface area (Å²) in [5.74, 6) is 0. The molecule has 1 aromatic carbocycles. The summed E-state index contributed by atoms with van der Waals surface area (Å²) in [7, 11) is 0.446. The fourth-order valence-corrected chi connectivity index (χ4v) is 2.43. The van der Waals surface area contributed by atoms with Gasteiger partial charge in [-0.1, -0.05) is 11.6 Å². The Morgan fingerprint density at radius 2 is 1.82 bits per heavy atom. The lowest BCUT2D eigenvalue weighted by Gasteiger charge is -2.11. The quantitative estimate of drug-likeness (QED) is 0.749. The zero-order chi connectivity index (χ0) is 13.4. The number of rotatable bonds is 1. The topological polar surface area (TPSA) is 57.9 Å². The van der Waals surface area contributed by atoms with Gasteiger partial charge in [0, 0.05) is 15.7 Å². The average Bonchev–Trinajstić information content (AvgIpc) is 2.13. The summed E-state index contributed by atoms with van der Waals surface area (Å²) in [6.45, 7) is 0. The molecule has 92 valence electrons. The van der Waals surface area contributed by atoms with Crippen LogP contribution in [0, 0.1) is 11.3 Å². The van der Waals surface area contributed by atoms with Crippen molar-refractivity contribution in [1.82, 2.24) is 0 Å². The molecule has 9 heteroatoms. The van der Waals surface area contributed by atoms with E-state index in [-0.39, 0.29) is 0 Å². The van der Waals surface area contributed by atoms with Crippen LogP contribution in [0.25, 0.3) is 0 Å². The van der Waals surface area contributed by atoms with Crippen LogP contribution in [0.5, 0.6) is 0 Å². The number of nitriles is 1. The first-order chi connectivity index (χ1) is 7.57. The largest absolute Gasteiger partial charge is 0.417 e. The van der Waals surface area contributed by atoms with Crippen LogP contribution in [0.4, 0.5) is 13.2 Å². The summed E-state index contributed by atoms with van der Waals surface area (Å²) in [6.07, 6.45) is -4.90. The van der Waals surface area contributed by atoms with E-state index in [4.69, 9.17) is 27.5 Å². The van der Waals surface area contributed by atoms with Crippen LogP contribution in [0.1, 0.15) is 11.1 Å². The SMILES string of the molecule is N#Cc1c(C(F)(F)F)cc(Cl)cc1S(=O)(=O)Cl. The van der Waals surface area contributed by atoms with Crippen LogP contribution < -0.4 is 0 Å². The summed E-state index contributed by atoms with van der Waals surface area (Å²) in [4.78, 5) is -0.957.